The lowest BCUT2D eigenvalue weighted by Crippen LogP contribution is -2.47. The molecule has 2 radical (unpaired) electrons. The molecule has 1 aliphatic rings. The van der Waals surface area contributed by atoms with E-state index in [4.69, 9.17) is 7.85 Å². The lowest BCUT2D eigenvalue weighted by atomic mass is 9.97. The normalized spacial score (nSPS) is 17.0. The van der Waals surface area contributed by atoms with Gasteiger partial charge in [0.2, 0.25) is 0 Å². The first-order valence-corrected chi connectivity index (χ1v) is 6.36. The lowest BCUT2D eigenvalue weighted by molar-refractivity contribution is 0.0666. The number of amides is 1. The number of fused-ring (bicyclic) bond motifs is 1. The van der Waals surface area contributed by atoms with Gasteiger partial charge in [-0.05, 0) is 13.1 Å². The summed E-state index contributed by atoms with van der Waals surface area (Å²) in [6.45, 7) is 3.34. The highest BCUT2D eigenvalue weighted by Crippen LogP contribution is 2.13. The Labute approximate surface area is 113 Å². The van der Waals surface area contributed by atoms with Crippen LogP contribution in [0.4, 0.5) is 0 Å². The highest BCUT2D eigenvalue weighted by Gasteiger charge is 2.22. The zero-order valence-electron chi connectivity index (χ0n) is 10.9. The predicted octanol–water partition coefficient (Wildman–Crippen LogP) is -0.484. The molecule has 3 heterocycles. The quantitative estimate of drug-likeness (QED) is 0.645. The first-order chi connectivity index (χ1) is 9.15. The average Bonchev–Trinajstić information content (AvgIpc) is 2.81. The molecule has 1 amide bonds. The molecule has 3 rings (SSSR count). The Hall–Kier alpha value is -1.82. The van der Waals surface area contributed by atoms with Gasteiger partial charge in [0, 0.05) is 32.4 Å². The summed E-state index contributed by atoms with van der Waals surface area (Å²) in [6.07, 6.45) is 3.39. The molecule has 0 aromatic carbocycles. The second kappa shape index (κ2) is 4.70. The van der Waals surface area contributed by atoms with E-state index in [-0.39, 0.29) is 5.91 Å². The summed E-state index contributed by atoms with van der Waals surface area (Å²) in [5.74, 6) is 0.0358. The van der Waals surface area contributed by atoms with Gasteiger partial charge in [-0.25, -0.2) is 4.52 Å². The van der Waals surface area contributed by atoms with Gasteiger partial charge in [0.25, 0.3) is 5.91 Å². The van der Waals surface area contributed by atoms with E-state index in [0.717, 1.165) is 31.7 Å². The van der Waals surface area contributed by atoms with Crippen molar-refractivity contribution in [2.45, 2.75) is 0 Å². The van der Waals surface area contributed by atoms with Crippen molar-refractivity contribution < 1.29 is 4.79 Å². The first kappa shape index (κ1) is 12.2. The predicted molar refractivity (Wildman–Crippen MR) is 74.0 cm³/mol. The van der Waals surface area contributed by atoms with Crippen LogP contribution in [0.3, 0.4) is 0 Å². The molecule has 96 valence electrons. The monoisotopic (exact) mass is 254 g/mol. The van der Waals surface area contributed by atoms with Crippen molar-refractivity contribution in [3.05, 3.63) is 30.1 Å². The van der Waals surface area contributed by atoms with Gasteiger partial charge in [-0.3, -0.25) is 4.79 Å². The number of hydrogen-bond acceptors (Lipinski definition) is 3. The third-order valence-corrected chi connectivity index (χ3v) is 3.57. The molecule has 2 aromatic heterocycles. The summed E-state index contributed by atoms with van der Waals surface area (Å²) in [5, 5.41) is 4.19. The number of carbonyl (C=O) groups excluding carboxylic acids is 1. The van der Waals surface area contributed by atoms with E-state index >= 15 is 0 Å². The molecule has 0 unspecified atom stereocenters. The van der Waals surface area contributed by atoms with Crippen LogP contribution >= 0.6 is 0 Å². The molecule has 0 N–H and O–H groups in total. The molecule has 2 aromatic rings. The molecular weight excluding hydrogens is 239 g/mol. The third kappa shape index (κ3) is 2.23. The van der Waals surface area contributed by atoms with Crippen LogP contribution in [-0.4, -0.2) is 66.4 Å². The molecule has 6 heteroatoms. The second-order valence-electron chi connectivity index (χ2n) is 4.94. The van der Waals surface area contributed by atoms with E-state index in [1.165, 1.54) is 0 Å². The van der Waals surface area contributed by atoms with E-state index in [1.54, 1.807) is 29.0 Å². The van der Waals surface area contributed by atoms with Gasteiger partial charge in [-0.2, -0.15) is 5.10 Å². The number of rotatable bonds is 1. The maximum absolute atomic E-state index is 12.5. The van der Waals surface area contributed by atoms with Gasteiger partial charge in [-0.1, -0.05) is 11.5 Å². The van der Waals surface area contributed by atoms with Crippen LogP contribution in [0.2, 0.25) is 0 Å². The highest BCUT2D eigenvalue weighted by molar-refractivity contribution is 6.32. The molecule has 5 nitrogen and oxygen atoms in total. The number of piperazine rings is 1. The van der Waals surface area contributed by atoms with E-state index in [2.05, 4.69) is 17.0 Å². The fourth-order valence-electron chi connectivity index (χ4n) is 2.34. The minimum absolute atomic E-state index is 0.0358. The van der Waals surface area contributed by atoms with Crippen LogP contribution in [0.15, 0.2) is 24.5 Å². The van der Waals surface area contributed by atoms with Gasteiger partial charge in [0.15, 0.2) is 0 Å². The molecule has 19 heavy (non-hydrogen) atoms. The molecule has 0 bridgehead atoms. The number of hydrogen-bond donors (Lipinski definition) is 0. The molecule has 0 aliphatic carbocycles. The molecule has 0 atom stereocenters. The number of aromatic nitrogens is 2. The smallest absolute Gasteiger partial charge is 0.257 e. The third-order valence-electron chi connectivity index (χ3n) is 3.57. The van der Waals surface area contributed by atoms with Crippen LogP contribution in [-0.2, 0) is 0 Å². The Balaban J connectivity index is 1.91. The second-order valence-corrected chi connectivity index (χ2v) is 4.94. The van der Waals surface area contributed by atoms with Crippen molar-refractivity contribution >= 4 is 24.7 Å². The zero-order valence-corrected chi connectivity index (χ0v) is 10.9. The molecule has 0 spiro atoms. The summed E-state index contributed by atoms with van der Waals surface area (Å²) >= 11 is 0. The maximum atomic E-state index is 12.5. The van der Waals surface area contributed by atoms with Crippen molar-refractivity contribution in [2.75, 3.05) is 33.2 Å². The molecule has 1 aliphatic heterocycles. The van der Waals surface area contributed by atoms with Gasteiger partial charge in [-0.15, -0.1) is 0 Å². The van der Waals surface area contributed by atoms with Crippen molar-refractivity contribution in [1.82, 2.24) is 19.4 Å². The lowest BCUT2D eigenvalue weighted by Gasteiger charge is -2.32. The van der Waals surface area contributed by atoms with Gasteiger partial charge < -0.3 is 9.80 Å². The Kier molecular flexibility index (Phi) is 3.02. The number of likely N-dealkylation sites (N-methyl/N-ethyl adjacent to an activating group) is 1. The zero-order chi connectivity index (χ0) is 13.4. The summed E-state index contributed by atoms with van der Waals surface area (Å²) < 4.78 is 1.68. The molecule has 0 saturated carbocycles. The fourth-order valence-corrected chi connectivity index (χ4v) is 2.34. The van der Waals surface area contributed by atoms with E-state index < -0.39 is 0 Å². The average molecular weight is 254 g/mol. The Morgan fingerprint density at radius 3 is 2.79 bits per heavy atom. The summed E-state index contributed by atoms with van der Waals surface area (Å²) in [7, 11) is 7.84. The van der Waals surface area contributed by atoms with Gasteiger partial charge >= 0.3 is 0 Å². The summed E-state index contributed by atoms with van der Waals surface area (Å²) in [5.41, 5.74) is 2.03. The number of nitrogens with zero attached hydrogens (tertiary/aromatic N) is 4. The Morgan fingerprint density at radius 1 is 1.32 bits per heavy atom. The summed E-state index contributed by atoms with van der Waals surface area (Å²) in [4.78, 5) is 16.6. The number of pyridine rings is 1. The fraction of sp³-hybridized carbons (Fsp3) is 0.385. The van der Waals surface area contributed by atoms with Crippen LogP contribution < -0.4 is 5.46 Å². The highest BCUT2D eigenvalue weighted by atomic mass is 16.2. The Bertz CT molecular complexity index is 616. The molecule has 1 saturated heterocycles. The van der Waals surface area contributed by atoms with Crippen LogP contribution in [0, 0.1) is 0 Å². The van der Waals surface area contributed by atoms with E-state index in [0.29, 0.717) is 11.0 Å². The van der Waals surface area contributed by atoms with Crippen LogP contribution in [0.1, 0.15) is 10.4 Å². The molecular formula is C13H15BN4O. The summed E-state index contributed by atoms with van der Waals surface area (Å²) in [6, 6.07) is 3.56. The van der Waals surface area contributed by atoms with Gasteiger partial charge in [0.1, 0.15) is 7.85 Å². The SMILES string of the molecule is [B]c1ccn2ncc(C(=O)N3CCN(C)CC3)c2c1. The van der Waals surface area contributed by atoms with E-state index in [1.807, 2.05) is 4.90 Å². The first-order valence-electron chi connectivity index (χ1n) is 6.36. The van der Waals surface area contributed by atoms with E-state index in [9.17, 15) is 4.79 Å². The topological polar surface area (TPSA) is 40.9 Å². The van der Waals surface area contributed by atoms with Crippen LogP contribution in [0.5, 0.6) is 0 Å². The minimum Gasteiger partial charge on any atom is -0.336 e. The van der Waals surface area contributed by atoms with Gasteiger partial charge in [0.05, 0.1) is 17.3 Å². The Morgan fingerprint density at radius 2 is 2.05 bits per heavy atom. The van der Waals surface area contributed by atoms with Crippen molar-refractivity contribution in [1.29, 1.82) is 0 Å². The largest absolute Gasteiger partial charge is 0.336 e. The number of carbonyl (C=O) groups is 1. The minimum atomic E-state index is 0.0358. The standard InChI is InChI=1S/C13H15BN4O/c1-16-4-6-17(7-5-16)13(19)11-9-15-18-3-2-10(14)8-12(11)18/h2-3,8-9H,4-7H2,1H3. The van der Waals surface area contributed by atoms with Crippen LogP contribution in [0.25, 0.3) is 5.52 Å². The maximum Gasteiger partial charge on any atom is 0.257 e. The molecule has 1 fully saturated rings. The van der Waals surface area contributed by atoms with Crippen molar-refractivity contribution in [3.63, 3.8) is 0 Å². The van der Waals surface area contributed by atoms with Crippen molar-refractivity contribution in [2.24, 2.45) is 0 Å². The van der Waals surface area contributed by atoms with Crippen molar-refractivity contribution in [3.8, 4) is 0 Å².